The summed E-state index contributed by atoms with van der Waals surface area (Å²) in [6.45, 7) is -0.294. The minimum atomic E-state index is -0.878. The van der Waals surface area contributed by atoms with Gasteiger partial charge in [-0.05, 0) is 12.1 Å². The second-order valence-corrected chi connectivity index (χ2v) is 6.66. The average molecular weight is 416 g/mol. The summed E-state index contributed by atoms with van der Waals surface area (Å²) >= 11 is 0.939. The zero-order valence-electron chi connectivity index (χ0n) is 14.8. The first-order valence-corrected chi connectivity index (χ1v) is 8.80. The van der Waals surface area contributed by atoms with Crippen molar-refractivity contribution in [3.8, 4) is 0 Å². The number of amides is 1. The summed E-state index contributed by atoms with van der Waals surface area (Å²) < 4.78 is 6.43. The van der Waals surface area contributed by atoms with Gasteiger partial charge in [-0.3, -0.25) is 29.8 Å². The monoisotopic (exact) mass is 416 g/mol. The van der Waals surface area contributed by atoms with Gasteiger partial charge in [0.1, 0.15) is 12.1 Å². The molecular formula is C17H12N4O7S. The van der Waals surface area contributed by atoms with E-state index in [2.05, 4.69) is 9.73 Å². The number of ether oxygens (including phenoxy) is 1. The van der Waals surface area contributed by atoms with Crippen LogP contribution in [0, 0.1) is 20.2 Å². The van der Waals surface area contributed by atoms with Crippen molar-refractivity contribution < 1.29 is 24.2 Å². The number of nitrogens with zero attached hydrogens (tertiary/aromatic N) is 4. The first-order chi connectivity index (χ1) is 13.8. The maximum atomic E-state index is 12.6. The number of hydrogen-bond donors (Lipinski definition) is 0. The van der Waals surface area contributed by atoms with Gasteiger partial charge in [-0.2, -0.15) is 4.99 Å². The third kappa shape index (κ3) is 4.01. The first kappa shape index (κ1) is 19.8. The number of carbonyl (C=O) groups is 2. The lowest BCUT2D eigenvalue weighted by Crippen LogP contribution is -2.22. The van der Waals surface area contributed by atoms with Gasteiger partial charge in [0.25, 0.3) is 17.3 Å². The number of fused-ring (bicyclic) bond motifs is 1. The van der Waals surface area contributed by atoms with Gasteiger partial charge in [0.2, 0.25) is 0 Å². The van der Waals surface area contributed by atoms with E-state index in [9.17, 15) is 29.8 Å². The smallest absolute Gasteiger partial charge is 0.325 e. The molecular weight excluding hydrogens is 404 g/mol. The summed E-state index contributed by atoms with van der Waals surface area (Å²) in [6.07, 6.45) is 0. The number of nitro groups is 2. The highest BCUT2D eigenvalue weighted by atomic mass is 32.1. The molecule has 1 amide bonds. The number of aromatic nitrogens is 1. The van der Waals surface area contributed by atoms with Crippen molar-refractivity contribution in [3.63, 3.8) is 0 Å². The van der Waals surface area contributed by atoms with Crippen LogP contribution in [0.3, 0.4) is 0 Å². The van der Waals surface area contributed by atoms with Crippen LogP contribution in [0.1, 0.15) is 10.4 Å². The lowest BCUT2D eigenvalue weighted by atomic mass is 10.2. The van der Waals surface area contributed by atoms with Crippen molar-refractivity contribution in [1.29, 1.82) is 0 Å². The van der Waals surface area contributed by atoms with Crippen LogP contribution in [0.25, 0.3) is 10.2 Å². The van der Waals surface area contributed by atoms with Gasteiger partial charge in [-0.15, -0.1) is 0 Å². The fourth-order valence-corrected chi connectivity index (χ4v) is 3.63. The van der Waals surface area contributed by atoms with Crippen LogP contribution in [0.15, 0.2) is 47.5 Å². The standard InChI is InChI=1S/C17H12N4O7S/c1-28-15(22)9-19-13-7-6-10(20(24)25)8-14(13)29-17(19)18-16(23)11-4-2-3-5-12(11)21(26)27/h2-8H,9H2,1H3. The molecule has 0 bridgehead atoms. The van der Waals surface area contributed by atoms with Crippen LogP contribution < -0.4 is 4.80 Å². The number of thiazole rings is 1. The second kappa shape index (κ2) is 7.98. The molecule has 12 heteroatoms. The first-order valence-electron chi connectivity index (χ1n) is 7.99. The fourth-order valence-electron chi connectivity index (χ4n) is 2.57. The number of para-hydroxylation sites is 1. The molecule has 2 aromatic carbocycles. The van der Waals surface area contributed by atoms with Crippen molar-refractivity contribution in [2.24, 2.45) is 4.99 Å². The van der Waals surface area contributed by atoms with Crippen LogP contribution >= 0.6 is 11.3 Å². The largest absolute Gasteiger partial charge is 0.468 e. The van der Waals surface area contributed by atoms with Gasteiger partial charge >= 0.3 is 5.97 Å². The van der Waals surface area contributed by atoms with Gasteiger partial charge in [-0.1, -0.05) is 23.5 Å². The zero-order chi connectivity index (χ0) is 21.1. The summed E-state index contributed by atoms with van der Waals surface area (Å²) in [5, 5.41) is 22.2. The predicted octanol–water partition coefficient (Wildman–Crippen LogP) is 2.43. The van der Waals surface area contributed by atoms with Gasteiger partial charge in [0.15, 0.2) is 4.80 Å². The number of benzene rings is 2. The Morgan fingerprint density at radius 2 is 1.86 bits per heavy atom. The summed E-state index contributed by atoms with van der Waals surface area (Å²) in [5.74, 6) is -1.50. The van der Waals surface area contributed by atoms with Gasteiger partial charge < -0.3 is 9.30 Å². The second-order valence-electron chi connectivity index (χ2n) is 5.65. The maximum absolute atomic E-state index is 12.6. The normalized spacial score (nSPS) is 11.4. The Balaban J connectivity index is 2.20. The van der Waals surface area contributed by atoms with Crippen molar-refractivity contribution in [2.45, 2.75) is 6.54 Å². The summed E-state index contributed by atoms with van der Waals surface area (Å²) in [6, 6.07) is 9.32. The zero-order valence-corrected chi connectivity index (χ0v) is 15.6. The number of carbonyl (C=O) groups excluding carboxylic acids is 2. The van der Waals surface area contributed by atoms with Gasteiger partial charge in [0, 0.05) is 18.2 Å². The molecule has 148 valence electrons. The van der Waals surface area contributed by atoms with E-state index < -0.39 is 27.4 Å². The van der Waals surface area contributed by atoms with E-state index in [0.717, 1.165) is 11.3 Å². The Morgan fingerprint density at radius 3 is 2.52 bits per heavy atom. The van der Waals surface area contributed by atoms with E-state index in [1.54, 1.807) is 0 Å². The third-order valence-electron chi connectivity index (χ3n) is 3.92. The van der Waals surface area contributed by atoms with Crippen LogP contribution in [-0.2, 0) is 16.1 Å². The number of esters is 1. The molecule has 3 rings (SSSR count). The minimum Gasteiger partial charge on any atom is -0.468 e. The highest BCUT2D eigenvalue weighted by molar-refractivity contribution is 7.16. The Hall–Kier alpha value is -3.93. The topological polar surface area (TPSA) is 147 Å². The average Bonchev–Trinajstić information content (AvgIpc) is 3.03. The Bertz CT molecular complexity index is 1230. The minimum absolute atomic E-state index is 0.0500. The molecule has 0 unspecified atom stereocenters. The Labute approximate surface area is 165 Å². The molecule has 0 atom stereocenters. The molecule has 1 aromatic heterocycles. The summed E-state index contributed by atoms with van der Waals surface area (Å²) in [4.78, 5) is 49.3. The van der Waals surface area contributed by atoms with E-state index in [0.29, 0.717) is 10.2 Å². The fraction of sp³-hybridized carbons (Fsp3) is 0.118. The molecule has 0 radical (unpaired) electrons. The molecule has 0 fully saturated rings. The third-order valence-corrected chi connectivity index (χ3v) is 4.96. The number of methoxy groups -OCH3 is 1. The maximum Gasteiger partial charge on any atom is 0.325 e. The van der Waals surface area contributed by atoms with E-state index in [-0.39, 0.29) is 22.6 Å². The summed E-state index contributed by atoms with van der Waals surface area (Å²) in [7, 11) is 1.19. The van der Waals surface area contributed by atoms with Crippen LogP contribution in [-0.4, -0.2) is 33.4 Å². The number of rotatable bonds is 5. The van der Waals surface area contributed by atoms with Crippen LogP contribution in [0.5, 0.6) is 0 Å². The number of non-ortho nitro benzene ring substituents is 1. The van der Waals surface area contributed by atoms with Gasteiger partial charge in [0.05, 0.1) is 27.2 Å². The molecule has 0 spiro atoms. The van der Waals surface area contributed by atoms with Crippen LogP contribution in [0.2, 0.25) is 0 Å². The van der Waals surface area contributed by atoms with Crippen LogP contribution in [0.4, 0.5) is 11.4 Å². The quantitative estimate of drug-likeness (QED) is 0.352. The molecule has 0 aliphatic rings. The highest BCUT2D eigenvalue weighted by Crippen LogP contribution is 2.24. The molecule has 1 heterocycles. The Kier molecular flexibility index (Phi) is 5.45. The molecule has 0 saturated carbocycles. The van der Waals surface area contributed by atoms with E-state index >= 15 is 0 Å². The van der Waals surface area contributed by atoms with E-state index in [1.165, 1.54) is 54.1 Å². The molecule has 0 saturated heterocycles. The van der Waals surface area contributed by atoms with E-state index in [1.807, 2.05) is 0 Å². The van der Waals surface area contributed by atoms with Crippen molar-refractivity contribution >= 4 is 44.8 Å². The lowest BCUT2D eigenvalue weighted by molar-refractivity contribution is -0.385. The predicted molar refractivity (Wildman–Crippen MR) is 101 cm³/mol. The molecule has 0 N–H and O–H groups in total. The SMILES string of the molecule is COC(=O)Cn1c(=NC(=O)c2ccccc2[N+](=O)[O-])sc2cc([N+](=O)[O-])ccc21. The van der Waals surface area contributed by atoms with Crippen molar-refractivity contribution in [3.05, 3.63) is 73.1 Å². The Morgan fingerprint density at radius 1 is 1.14 bits per heavy atom. The van der Waals surface area contributed by atoms with Gasteiger partial charge in [-0.25, -0.2) is 0 Å². The molecule has 3 aromatic rings. The molecule has 29 heavy (non-hydrogen) atoms. The van der Waals surface area contributed by atoms with E-state index in [4.69, 9.17) is 0 Å². The molecule has 11 nitrogen and oxygen atoms in total. The number of hydrogen-bond acceptors (Lipinski definition) is 8. The van der Waals surface area contributed by atoms with Crippen molar-refractivity contribution in [1.82, 2.24) is 4.57 Å². The number of nitro benzene ring substituents is 2. The van der Waals surface area contributed by atoms with Crippen molar-refractivity contribution in [2.75, 3.05) is 7.11 Å². The molecule has 0 aliphatic heterocycles. The molecule has 0 aliphatic carbocycles. The summed E-state index contributed by atoms with van der Waals surface area (Å²) in [5.41, 5.74) is -0.358. The lowest BCUT2D eigenvalue weighted by Gasteiger charge is -2.03. The highest BCUT2D eigenvalue weighted by Gasteiger charge is 2.20.